The van der Waals surface area contributed by atoms with Gasteiger partial charge in [0.15, 0.2) is 11.7 Å². The van der Waals surface area contributed by atoms with Gasteiger partial charge in [0.2, 0.25) is 0 Å². The summed E-state index contributed by atoms with van der Waals surface area (Å²) in [6.07, 6.45) is 0.492. The number of carbonyl (C=O) groups excluding carboxylic acids is 2. The van der Waals surface area contributed by atoms with Crippen LogP contribution in [-0.2, 0) is 14.3 Å². The van der Waals surface area contributed by atoms with E-state index in [1.165, 1.54) is 12.0 Å². The first-order chi connectivity index (χ1) is 5.65. The van der Waals surface area contributed by atoms with Gasteiger partial charge in [-0.05, 0) is 0 Å². The lowest BCUT2D eigenvalue weighted by Gasteiger charge is -2.23. The second-order valence-corrected chi connectivity index (χ2v) is 3.20. The number of Topliss-reactive ketones (excluding diaryl/α,β-unsaturated/α-hetero) is 1. The standard InChI is InChI=1S/C8H13NO3/c1-9-4-3-7(10)6(5-9)8(11)12-2/h6H,3-5H2,1-2H3/p+1/t6-/m1/s1. The second-order valence-electron chi connectivity index (χ2n) is 3.20. The Morgan fingerprint density at radius 3 is 2.92 bits per heavy atom. The quantitative estimate of drug-likeness (QED) is 0.377. The van der Waals surface area contributed by atoms with Gasteiger partial charge in [-0.25, -0.2) is 0 Å². The number of ketones is 1. The summed E-state index contributed by atoms with van der Waals surface area (Å²) in [5.41, 5.74) is 0. The fourth-order valence-corrected chi connectivity index (χ4v) is 1.43. The summed E-state index contributed by atoms with van der Waals surface area (Å²) in [6, 6.07) is 0. The zero-order chi connectivity index (χ0) is 9.14. The maximum Gasteiger partial charge on any atom is 0.322 e. The van der Waals surface area contributed by atoms with Crippen molar-refractivity contribution in [1.82, 2.24) is 0 Å². The van der Waals surface area contributed by atoms with Crippen molar-refractivity contribution in [3.05, 3.63) is 0 Å². The molecule has 12 heavy (non-hydrogen) atoms. The Morgan fingerprint density at radius 2 is 2.33 bits per heavy atom. The van der Waals surface area contributed by atoms with Crippen LogP contribution in [0.5, 0.6) is 0 Å². The Balaban J connectivity index is 2.60. The smallest absolute Gasteiger partial charge is 0.322 e. The molecule has 1 rings (SSSR count). The largest absolute Gasteiger partial charge is 0.468 e. The van der Waals surface area contributed by atoms with E-state index in [0.717, 1.165) is 6.54 Å². The van der Waals surface area contributed by atoms with Gasteiger partial charge in [0, 0.05) is 0 Å². The topological polar surface area (TPSA) is 47.8 Å². The molecule has 0 aliphatic carbocycles. The molecule has 1 aliphatic heterocycles. The first-order valence-electron chi connectivity index (χ1n) is 4.07. The summed E-state index contributed by atoms with van der Waals surface area (Å²) in [7, 11) is 3.29. The molecule has 0 saturated carbocycles. The van der Waals surface area contributed by atoms with E-state index >= 15 is 0 Å². The summed E-state index contributed by atoms with van der Waals surface area (Å²) in [6.45, 7) is 1.40. The summed E-state index contributed by atoms with van der Waals surface area (Å²) in [5, 5.41) is 0. The SMILES string of the molecule is COC(=O)[C@@H]1C[NH+](C)CCC1=O. The van der Waals surface area contributed by atoms with E-state index in [1.807, 2.05) is 7.05 Å². The molecule has 1 aliphatic rings. The van der Waals surface area contributed by atoms with E-state index < -0.39 is 5.92 Å². The number of likely N-dealkylation sites (tertiary alicyclic amines) is 1. The molecule has 4 heteroatoms. The maximum atomic E-state index is 11.2. The van der Waals surface area contributed by atoms with E-state index in [4.69, 9.17) is 0 Å². The lowest BCUT2D eigenvalue weighted by Crippen LogP contribution is -3.11. The van der Waals surface area contributed by atoms with Gasteiger partial charge in [-0.15, -0.1) is 0 Å². The first kappa shape index (κ1) is 9.19. The van der Waals surface area contributed by atoms with Crippen molar-refractivity contribution < 1.29 is 19.2 Å². The molecule has 0 bridgehead atoms. The van der Waals surface area contributed by atoms with Crippen LogP contribution in [0.25, 0.3) is 0 Å². The molecule has 4 nitrogen and oxygen atoms in total. The predicted molar refractivity (Wildman–Crippen MR) is 41.8 cm³/mol. The average Bonchev–Trinajstić information content (AvgIpc) is 2.08. The lowest BCUT2D eigenvalue weighted by atomic mass is 9.97. The molecule has 0 aromatic rings. The van der Waals surface area contributed by atoms with Crippen molar-refractivity contribution in [1.29, 1.82) is 0 Å². The molecular formula is C8H14NO3+. The Hall–Kier alpha value is -0.900. The van der Waals surface area contributed by atoms with E-state index in [2.05, 4.69) is 4.74 Å². The summed E-state index contributed by atoms with van der Waals surface area (Å²) in [4.78, 5) is 23.5. The highest BCUT2D eigenvalue weighted by Crippen LogP contribution is 2.04. The van der Waals surface area contributed by atoms with Crippen LogP contribution >= 0.6 is 0 Å². The van der Waals surface area contributed by atoms with E-state index in [-0.39, 0.29) is 11.8 Å². The molecule has 0 aromatic carbocycles. The molecule has 1 fully saturated rings. The molecule has 68 valence electrons. The number of piperidine rings is 1. The van der Waals surface area contributed by atoms with Gasteiger partial charge >= 0.3 is 5.97 Å². The molecule has 1 heterocycles. The van der Waals surface area contributed by atoms with Gasteiger partial charge in [-0.3, -0.25) is 9.59 Å². The van der Waals surface area contributed by atoms with Crippen LogP contribution in [0.2, 0.25) is 0 Å². The van der Waals surface area contributed by atoms with Crippen molar-refractivity contribution in [2.24, 2.45) is 5.92 Å². The molecule has 1 unspecified atom stereocenters. The average molecular weight is 172 g/mol. The van der Waals surface area contributed by atoms with Crippen molar-refractivity contribution >= 4 is 11.8 Å². The van der Waals surface area contributed by atoms with Crippen LogP contribution in [0.3, 0.4) is 0 Å². The molecule has 1 N–H and O–H groups in total. The number of hydrogen-bond acceptors (Lipinski definition) is 3. The minimum Gasteiger partial charge on any atom is -0.468 e. The van der Waals surface area contributed by atoms with Crippen LogP contribution in [0, 0.1) is 5.92 Å². The molecule has 2 atom stereocenters. The summed E-state index contributed by atoms with van der Waals surface area (Å²) >= 11 is 0. The van der Waals surface area contributed by atoms with Gasteiger partial charge in [-0.1, -0.05) is 0 Å². The molecule has 0 aromatic heterocycles. The second kappa shape index (κ2) is 3.67. The van der Waals surface area contributed by atoms with E-state index in [9.17, 15) is 9.59 Å². The van der Waals surface area contributed by atoms with Crippen molar-refractivity contribution in [2.75, 3.05) is 27.2 Å². The number of carbonyl (C=O) groups is 2. The van der Waals surface area contributed by atoms with Gasteiger partial charge in [0.25, 0.3) is 0 Å². The normalized spacial score (nSPS) is 30.0. The van der Waals surface area contributed by atoms with Gasteiger partial charge in [-0.2, -0.15) is 0 Å². The number of rotatable bonds is 1. The number of esters is 1. The fourth-order valence-electron chi connectivity index (χ4n) is 1.43. The highest BCUT2D eigenvalue weighted by molar-refractivity contribution is 5.99. The minimum absolute atomic E-state index is 0.0208. The maximum absolute atomic E-state index is 11.2. The number of hydrogen-bond donors (Lipinski definition) is 1. The third kappa shape index (κ3) is 1.82. The van der Waals surface area contributed by atoms with Crippen molar-refractivity contribution in [3.63, 3.8) is 0 Å². The Bertz CT molecular complexity index is 194. The van der Waals surface area contributed by atoms with Crippen LogP contribution in [0.4, 0.5) is 0 Å². The van der Waals surface area contributed by atoms with Gasteiger partial charge < -0.3 is 9.64 Å². The highest BCUT2D eigenvalue weighted by Gasteiger charge is 2.34. The van der Waals surface area contributed by atoms with Crippen LogP contribution in [0.15, 0.2) is 0 Å². The molecule has 0 amide bonds. The number of ether oxygens (including phenoxy) is 1. The number of methoxy groups -OCH3 is 1. The zero-order valence-corrected chi connectivity index (χ0v) is 7.42. The van der Waals surface area contributed by atoms with Crippen LogP contribution < -0.4 is 4.90 Å². The molecule has 0 radical (unpaired) electrons. The van der Waals surface area contributed by atoms with E-state index in [0.29, 0.717) is 13.0 Å². The molecule has 1 saturated heterocycles. The van der Waals surface area contributed by atoms with Crippen molar-refractivity contribution in [2.45, 2.75) is 6.42 Å². The Kier molecular flexibility index (Phi) is 2.81. The third-order valence-electron chi connectivity index (χ3n) is 2.23. The Morgan fingerprint density at radius 1 is 1.67 bits per heavy atom. The minimum atomic E-state index is -0.524. The summed E-state index contributed by atoms with van der Waals surface area (Å²) in [5.74, 6) is -0.893. The first-order valence-corrected chi connectivity index (χ1v) is 4.07. The highest BCUT2D eigenvalue weighted by atomic mass is 16.5. The lowest BCUT2D eigenvalue weighted by molar-refractivity contribution is -0.883. The predicted octanol–water partition coefficient (Wildman–Crippen LogP) is -1.74. The molecule has 0 spiro atoms. The Labute approximate surface area is 71.5 Å². The van der Waals surface area contributed by atoms with Gasteiger partial charge in [0.05, 0.1) is 33.7 Å². The zero-order valence-electron chi connectivity index (χ0n) is 7.42. The van der Waals surface area contributed by atoms with Crippen molar-refractivity contribution in [3.8, 4) is 0 Å². The molecular weight excluding hydrogens is 158 g/mol. The fraction of sp³-hybridized carbons (Fsp3) is 0.750. The third-order valence-corrected chi connectivity index (χ3v) is 2.23. The summed E-state index contributed by atoms with van der Waals surface area (Å²) < 4.78 is 4.54. The van der Waals surface area contributed by atoms with Crippen LogP contribution in [-0.4, -0.2) is 39.0 Å². The van der Waals surface area contributed by atoms with E-state index in [1.54, 1.807) is 0 Å². The van der Waals surface area contributed by atoms with Gasteiger partial charge in [0.1, 0.15) is 0 Å². The monoisotopic (exact) mass is 172 g/mol. The number of quaternary nitrogens is 1. The number of nitrogens with one attached hydrogen (secondary N) is 1. The van der Waals surface area contributed by atoms with Crippen LogP contribution in [0.1, 0.15) is 6.42 Å².